The summed E-state index contributed by atoms with van der Waals surface area (Å²) in [6.07, 6.45) is 4.00. The van der Waals surface area contributed by atoms with Gasteiger partial charge in [0.2, 0.25) is 0 Å². The smallest absolute Gasteiger partial charge is 0.0563 e. The first-order chi connectivity index (χ1) is 7.29. The largest absolute Gasteiger partial charge is 0.511 e. The fourth-order valence-corrected chi connectivity index (χ4v) is 0.575. The van der Waals surface area contributed by atoms with E-state index in [1.165, 1.54) is 0 Å². The first kappa shape index (κ1) is 27.7. The average Bonchev–Trinajstić information content (AvgIpc) is 2.26. The second kappa shape index (κ2) is 12.2. The van der Waals surface area contributed by atoms with Gasteiger partial charge in [0.15, 0.2) is 0 Å². The molecular formula is C14H32LaN2O2-2. The van der Waals surface area contributed by atoms with Crippen molar-refractivity contribution < 1.29 is 45.8 Å². The van der Waals surface area contributed by atoms with Crippen LogP contribution >= 0.6 is 0 Å². The van der Waals surface area contributed by atoms with Crippen LogP contribution in [0.4, 0.5) is 0 Å². The predicted molar refractivity (Wildman–Crippen MR) is 79.3 cm³/mol. The average molecular weight is 399 g/mol. The van der Waals surface area contributed by atoms with Gasteiger partial charge in [-0.05, 0) is 68.0 Å². The zero-order valence-corrected chi connectivity index (χ0v) is 17.7. The van der Waals surface area contributed by atoms with Crippen molar-refractivity contribution in [3.63, 3.8) is 0 Å². The molecular weight excluding hydrogens is 367 g/mol. The summed E-state index contributed by atoms with van der Waals surface area (Å²) in [6.45, 7) is 12.5. The molecule has 0 saturated carbocycles. The Morgan fingerprint density at radius 1 is 0.789 bits per heavy atom. The van der Waals surface area contributed by atoms with Crippen molar-refractivity contribution >= 4 is 0 Å². The minimum absolute atomic E-state index is 0. The second-order valence-electron chi connectivity index (χ2n) is 6.09. The topological polar surface area (TPSA) is 46.9 Å². The molecule has 1 heterocycles. The normalized spacial score (nSPS) is 13.4. The van der Waals surface area contributed by atoms with E-state index in [-0.39, 0.29) is 43.0 Å². The molecule has 1 aliphatic heterocycles. The van der Waals surface area contributed by atoms with Crippen LogP contribution in [-0.4, -0.2) is 45.3 Å². The zero-order chi connectivity index (χ0) is 14.3. The van der Waals surface area contributed by atoms with Crippen LogP contribution in [0.25, 0.3) is 0 Å². The molecule has 1 rings (SSSR count). The first-order valence-corrected chi connectivity index (χ1v) is 5.71. The molecule has 2 N–H and O–H groups in total. The van der Waals surface area contributed by atoms with Gasteiger partial charge in [-0.1, -0.05) is 0 Å². The van der Waals surface area contributed by atoms with E-state index in [1.807, 2.05) is 43.0 Å². The Balaban J connectivity index is -0.0000000866. The van der Waals surface area contributed by atoms with Crippen LogP contribution in [0, 0.1) is 49.7 Å². The van der Waals surface area contributed by atoms with E-state index in [0.717, 1.165) is 0 Å². The Morgan fingerprint density at radius 2 is 0.947 bits per heavy atom. The third-order valence-electron chi connectivity index (χ3n) is 0.901. The number of hydrogen-bond donors (Lipinski definition) is 2. The molecule has 0 bridgehead atoms. The van der Waals surface area contributed by atoms with Gasteiger partial charge >= 0.3 is 0 Å². The van der Waals surface area contributed by atoms with Crippen LogP contribution in [-0.2, 0) is 0 Å². The van der Waals surface area contributed by atoms with E-state index in [1.54, 1.807) is 41.5 Å². The predicted octanol–water partition coefficient (Wildman–Crippen LogP) is 2.46. The van der Waals surface area contributed by atoms with Crippen molar-refractivity contribution in [3.8, 4) is 0 Å². The summed E-state index contributed by atoms with van der Waals surface area (Å²) in [6, 6.07) is 0. The first-order valence-electron chi connectivity index (χ1n) is 5.71. The fourth-order valence-electron chi connectivity index (χ4n) is 0.575. The van der Waals surface area contributed by atoms with Gasteiger partial charge < -0.3 is 27.4 Å². The summed E-state index contributed by atoms with van der Waals surface area (Å²) in [4.78, 5) is 4.00. The second-order valence-corrected chi connectivity index (χ2v) is 6.09. The Kier molecular flexibility index (Phi) is 17.8. The summed E-state index contributed by atoms with van der Waals surface area (Å²) in [5.41, 5.74) is -1.00. The maximum atomic E-state index is 8.52. The molecule has 0 amide bonds. The number of nitrogens with zero attached hydrogens (tertiary/aromatic N) is 2. The molecule has 0 aromatic rings. The van der Waals surface area contributed by atoms with Crippen LogP contribution in [0.2, 0.25) is 0 Å². The molecule has 0 atom stereocenters. The van der Waals surface area contributed by atoms with E-state index < -0.39 is 11.2 Å². The van der Waals surface area contributed by atoms with Crippen LogP contribution < -0.4 is 0 Å². The Bertz CT molecular complexity index is 186. The third-order valence-corrected chi connectivity index (χ3v) is 0.901. The molecule has 1 aliphatic rings. The molecule has 0 aromatic carbocycles. The van der Waals surface area contributed by atoms with Crippen molar-refractivity contribution in [1.29, 1.82) is 0 Å². The summed E-state index contributed by atoms with van der Waals surface area (Å²) in [5, 5.41) is 17.0. The van der Waals surface area contributed by atoms with Crippen molar-refractivity contribution in [2.75, 3.05) is 14.1 Å². The van der Waals surface area contributed by atoms with Crippen LogP contribution in [0.1, 0.15) is 41.5 Å². The Morgan fingerprint density at radius 3 is 1.00 bits per heavy atom. The van der Waals surface area contributed by atoms with Crippen molar-refractivity contribution in [2.24, 2.45) is 0 Å². The molecule has 115 valence electrons. The number of aliphatic hydroxyl groups is 2. The van der Waals surface area contributed by atoms with Gasteiger partial charge in [0.05, 0.1) is 11.2 Å². The molecule has 0 unspecified atom stereocenters. The summed E-state index contributed by atoms with van der Waals surface area (Å²) in [5.74, 6) is 0. The van der Waals surface area contributed by atoms with Gasteiger partial charge in [0, 0.05) is 35.6 Å². The molecule has 4 nitrogen and oxygen atoms in total. The number of rotatable bonds is 0. The summed E-state index contributed by atoms with van der Waals surface area (Å²) < 4.78 is 0. The number of hydrogen-bond acceptors (Lipinski definition) is 4. The van der Waals surface area contributed by atoms with Gasteiger partial charge in [0.1, 0.15) is 0 Å². The van der Waals surface area contributed by atoms with Gasteiger partial charge in [-0.3, -0.25) is 0 Å². The molecule has 1 radical (unpaired) electrons. The van der Waals surface area contributed by atoms with E-state index in [0.29, 0.717) is 0 Å². The SMILES string of the molecule is CC(C)(C)O.CC(C)(C)O.CN1C=CN(C)[CH-]1.[CH3-].[La]. The Labute approximate surface area is 148 Å². The van der Waals surface area contributed by atoms with E-state index >= 15 is 0 Å². The summed E-state index contributed by atoms with van der Waals surface area (Å²) >= 11 is 0. The standard InChI is InChI=1S/C5H9N2.2C4H10O.CH3.La/c1-6-3-4-7(2)5-6;2*1-4(2,3)5;;/h3-5H,1-2H3;2*5H,1-3H3;1H3;/q-1;;;-1;. The van der Waals surface area contributed by atoms with Crippen LogP contribution in [0.3, 0.4) is 0 Å². The van der Waals surface area contributed by atoms with Crippen LogP contribution in [0.15, 0.2) is 12.4 Å². The Hall–Kier alpha value is 0.455. The van der Waals surface area contributed by atoms with Crippen molar-refractivity contribution in [3.05, 3.63) is 26.5 Å². The van der Waals surface area contributed by atoms with E-state index in [9.17, 15) is 0 Å². The zero-order valence-electron chi connectivity index (χ0n) is 14.1. The summed E-state index contributed by atoms with van der Waals surface area (Å²) in [7, 11) is 4.00. The van der Waals surface area contributed by atoms with Gasteiger partial charge in [-0.25, -0.2) is 0 Å². The van der Waals surface area contributed by atoms with Crippen molar-refractivity contribution in [1.82, 2.24) is 9.80 Å². The maximum absolute atomic E-state index is 8.52. The quantitative estimate of drug-likeness (QED) is 0.615. The minimum atomic E-state index is -0.500. The maximum Gasteiger partial charge on any atom is 0.0563 e. The van der Waals surface area contributed by atoms with Crippen LogP contribution in [0.5, 0.6) is 0 Å². The molecule has 0 saturated heterocycles. The van der Waals surface area contributed by atoms with E-state index in [4.69, 9.17) is 10.2 Å². The molecule has 19 heavy (non-hydrogen) atoms. The van der Waals surface area contributed by atoms with Gasteiger partial charge in [0.25, 0.3) is 0 Å². The van der Waals surface area contributed by atoms with Crippen molar-refractivity contribution in [2.45, 2.75) is 52.7 Å². The molecule has 0 aromatic heterocycles. The fraction of sp³-hybridized carbons (Fsp3) is 0.714. The van der Waals surface area contributed by atoms with Gasteiger partial charge in [-0.2, -0.15) is 6.67 Å². The van der Waals surface area contributed by atoms with Gasteiger partial charge in [-0.15, -0.1) is 0 Å². The molecule has 0 fully saturated rings. The third kappa shape index (κ3) is 55.9. The molecule has 0 aliphatic carbocycles. The monoisotopic (exact) mass is 399 g/mol. The van der Waals surface area contributed by atoms with E-state index in [2.05, 4.69) is 0 Å². The molecule has 0 spiro atoms. The minimum Gasteiger partial charge on any atom is -0.511 e. The molecule has 5 heteroatoms.